The molecule has 0 spiro atoms. The number of aliphatic carboxylic acids is 1. The molecule has 0 radical (unpaired) electrons. The maximum absolute atomic E-state index is 10.5. The van der Waals surface area contributed by atoms with E-state index in [0.717, 1.165) is 28.6 Å². The fraction of sp³-hybridized carbons (Fsp3) is 0.118. The number of carbonyl (C=O) groups is 1. The SMILES string of the molecule is CCc1cc(Oc2cccc(C=CC(=O)O)c2)ccc1Cl. The Bertz CT molecular complexity index is 677. The van der Waals surface area contributed by atoms with E-state index in [9.17, 15) is 4.79 Å². The smallest absolute Gasteiger partial charge is 0.328 e. The third-order valence-electron chi connectivity index (χ3n) is 2.91. The van der Waals surface area contributed by atoms with Gasteiger partial charge in [0.1, 0.15) is 11.5 Å². The molecular weight excluding hydrogens is 288 g/mol. The first-order valence-corrected chi connectivity index (χ1v) is 6.93. The zero-order valence-electron chi connectivity index (χ0n) is 11.5. The average Bonchev–Trinajstić information content (AvgIpc) is 2.47. The Labute approximate surface area is 128 Å². The lowest BCUT2D eigenvalue weighted by Gasteiger charge is -2.09. The van der Waals surface area contributed by atoms with Crippen molar-refractivity contribution in [3.8, 4) is 11.5 Å². The lowest BCUT2D eigenvalue weighted by Crippen LogP contribution is -1.89. The van der Waals surface area contributed by atoms with Crippen LogP contribution < -0.4 is 4.74 Å². The van der Waals surface area contributed by atoms with Crippen molar-refractivity contribution in [2.45, 2.75) is 13.3 Å². The molecule has 0 fully saturated rings. The summed E-state index contributed by atoms with van der Waals surface area (Å²) in [6, 6.07) is 12.7. The molecule has 0 aromatic heterocycles. The molecule has 0 saturated heterocycles. The predicted molar refractivity (Wildman–Crippen MR) is 84.0 cm³/mol. The van der Waals surface area contributed by atoms with Crippen molar-refractivity contribution in [2.24, 2.45) is 0 Å². The Balaban J connectivity index is 2.20. The average molecular weight is 303 g/mol. The molecule has 0 heterocycles. The van der Waals surface area contributed by atoms with Crippen LogP contribution in [0.5, 0.6) is 11.5 Å². The maximum Gasteiger partial charge on any atom is 0.328 e. The van der Waals surface area contributed by atoms with Crippen LogP contribution in [-0.2, 0) is 11.2 Å². The van der Waals surface area contributed by atoms with Crippen molar-refractivity contribution < 1.29 is 14.6 Å². The Morgan fingerprint density at radius 2 is 2.00 bits per heavy atom. The van der Waals surface area contributed by atoms with Crippen LogP contribution in [0.3, 0.4) is 0 Å². The van der Waals surface area contributed by atoms with Crippen LogP contribution in [0.2, 0.25) is 5.02 Å². The van der Waals surface area contributed by atoms with Crippen LogP contribution in [0.15, 0.2) is 48.5 Å². The molecule has 21 heavy (non-hydrogen) atoms. The maximum atomic E-state index is 10.5. The van der Waals surface area contributed by atoms with E-state index in [4.69, 9.17) is 21.4 Å². The molecule has 2 rings (SSSR count). The largest absolute Gasteiger partial charge is 0.478 e. The standard InChI is InChI=1S/C17H15ClO3/c1-2-13-11-15(7-8-16(13)18)21-14-5-3-4-12(10-14)6-9-17(19)20/h3-11H,2H2,1H3,(H,19,20). The molecule has 0 unspecified atom stereocenters. The van der Waals surface area contributed by atoms with Gasteiger partial charge in [0.15, 0.2) is 0 Å². The molecule has 2 aromatic carbocycles. The highest BCUT2D eigenvalue weighted by molar-refractivity contribution is 6.31. The van der Waals surface area contributed by atoms with Crippen molar-refractivity contribution in [1.82, 2.24) is 0 Å². The summed E-state index contributed by atoms with van der Waals surface area (Å²) in [5.74, 6) is 0.370. The molecule has 0 aliphatic carbocycles. The van der Waals surface area contributed by atoms with E-state index in [0.29, 0.717) is 11.5 Å². The number of hydrogen-bond acceptors (Lipinski definition) is 2. The molecule has 0 saturated carbocycles. The first-order chi connectivity index (χ1) is 10.1. The van der Waals surface area contributed by atoms with Crippen molar-refractivity contribution in [1.29, 1.82) is 0 Å². The second kappa shape index (κ2) is 6.95. The number of rotatable bonds is 5. The van der Waals surface area contributed by atoms with Gasteiger partial charge in [-0.15, -0.1) is 0 Å². The first-order valence-electron chi connectivity index (χ1n) is 6.56. The highest BCUT2D eigenvalue weighted by atomic mass is 35.5. The summed E-state index contributed by atoms with van der Waals surface area (Å²) in [6.07, 6.45) is 3.45. The van der Waals surface area contributed by atoms with Gasteiger partial charge < -0.3 is 9.84 Å². The Kier molecular flexibility index (Phi) is 5.01. The monoisotopic (exact) mass is 302 g/mol. The van der Waals surface area contributed by atoms with Crippen LogP contribution in [-0.4, -0.2) is 11.1 Å². The molecule has 0 amide bonds. The summed E-state index contributed by atoms with van der Waals surface area (Å²) in [5, 5.41) is 9.36. The van der Waals surface area contributed by atoms with Gasteiger partial charge in [-0.25, -0.2) is 4.79 Å². The Morgan fingerprint density at radius 1 is 1.24 bits per heavy atom. The summed E-state index contributed by atoms with van der Waals surface area (Å²) in [4.78, 5) is 10.5. The van der Waals surface area contributed by atoms with E-state index >= 15 is 0 Å². The van der Waals surface area contributed by atoms with Gasteiger partial charge in [0, 0.05) is 11.1 Å². The molecule has 2 aromatic rings. The zero-order valence-corrected chi connectivity index (χ0v) is 12.3. The zero-order chi connectivity index (χ0) is 15.2. The molecule has 108 valence electrons. The number of benzene rings is 2. The van der Waals surface area contributed by atoms with Crippen molar-refractivity contribution in [3.05, 3.63) is 64.7 Å². The van der Waals surface area contributed by atoms with Crippen LogP contribution >= 0.6 is 11.6 Å². The van der Waals surface area contributed by atoms with E-state index < -0.39 is 5.97 Å². The summed E-state index contributed by atoms with van der Waals surface area (Å²) in [6.45, 7) is 2.03. The molecule has 4 heteroatoms. The summed E-state index contributed by atoms with van der Waals surface area (Å²) in [5.41, 5.74) is 1.79. The van der Waals surface area contributed by atoms with Crippen LogP contribution in [0, 0.1) is 0 Å². The number of halogens is 1. The van der Waals surface area contributed by atoms with Crippen LogP contribution in [0.1, 0.15) is 18.1 Å². The molecule has 1 N–H and O–H groups in total. The Hall–Kier alpha value is -2.26. The first kappa shape index (κ1) is 15.1. The van der Waals surface area contributed by atoms with E-state index in [1.165, 1.54) is 6.08 Å². The van der Waals surface area contributed by atoms with Gasteiger partial charge in [-0.2, -0.15) is 0 Å². The summed E-state index contributed by atoms with van der Waals surface area (Å²) < 4.78 is 5.78. The lowest BCUT2D eigenvalue weighted by molar-refractivity contribution is -0.131. The molecule has 0 aliphatic heterocycles. The van der Waals surface area contributed by atoms with Gasteiger partial charge in [-0.1, -0.05) is 30.7 Å². The van der Waals surface area contributed by atoms with Gasteiger partial charge in [-0.3, -0.25) is 0 Å². The fourth-order valence-electron chi connectivity index (χ4n) is 1.87. The van der Waals surface area contributed by atoms with Crippen molar-refractivity contribution in [3.63, 3.8) is 0 Å². The minimum Gasteiger partial charge on any atom is -0.478 e. The summed E-state index contributed by atoms with van der Waals surface area (Å²) in [7, 11) is 0. The molecule has 0 atom stereocenters. The fourth-order valence-corrected chi connectivity index (χ4v) is 2.12. The molecule has 3 nitrogen and oxygen atoms in total. The number of hydrogen-bond donors (Lipinski definition) is 1. The van der Waals surface area contributed by atoms with Gasteiger partial charge in [0.05, 0.1) is 0 Å². The quantitative estimate of drug-likeness (QED) is 0.808. The van der Waals surface area contributed by atoms with E-state index in [1.807, 2.05) is 37.3 Å². The third-order valence-corrected chi connectivity index (χ3v) is 3.28. The van der Waals surface area contributed by atoms with Gasteiger partial charge >= 0.3 is 5.97 Å². The second-order valence-electron chi connectivity index (χ2n) is 4.45. The van der Waals surface area contributed by atoms with Gasteiger partial charge in [0.2, 0.25) is 0 Å². The second-order valence-corrected chi connectivity index (χ2v) is 4.86. The normalized spacial score (nSPS) is 10.8. The Morgan fingerprint density at radius 3 is 2.71 bits per heavy atom. The summed E-state index contributed by atoms with van der Waals surface area (Å²) >= 11 is 6.08. The minimum atomic E-state index is -0.980. The number of carboxylic acid groups (broad SMARTS) is 1. The van der Waals surface area contributed by atoms with E-state index in [1.54, 1.807) is 12.1 Å². The lowest BCUT2D eigenvalue weighted by atomic mass is 10.1. The molecular formula is C17H15ClO3. The highest BCUT2D eigenvalue weighted by Gasteiger charge is 2.03. The van der Waals surface area contributed by atoms with Crippen LogP contribution in [0.4, 0.5) is 0 Å². The highest BCUT2D eigenvalue weighted by Crippen LogP contribution is 2.27. The molecule has 0 aliphatic rings. The number of aryl methyl sites for hydroxylation is 1. The van der Waals surface area contributed by atoms with Gasteiger partial charge in [-0.05, 0) is 54.0 Å². The van der Waals surface area contributed by atoms with Crippen molar-refractivity contribution >= 4 is 23.6 Å². The molecule has 0 bridgehead atoms. The number of carboxylic acids is 1. The van der Waals surface area contributed by atoms with Crippen molar-refractivity contribution in [2.75, 3.05) is 0 Å². The van der Waals surface area contributed by atoms with Gasteiger partial charge in [0.25, 0.3) is 0 Å². The third kappa shape index (κ3) is 4.36. The van der Waals surface area contributed by atoms with E-state index in [2.05, 4.69) is 0 Å². The van der Waals surface area contributed by atoms with E-state index in [-0.39, 0.29) is 0 Å². The topological polar surface area (TPSA) is 46.5 Å². The predicted octanol–water partition coefficient (Wildman–Crippen LogP) is 4.79. The minimum absolute atomic E-state index is 0.645. The van der Waals surface area contributed by atoms with Crippen LogP contribution in [0.25, 0.3) is 6.08 Å². The number of ether oxygens (including phenoxy) is 1.